The Bertz CT molecular complexity index is 564. The Balaban J connectivity index is 2.15. The van der Waals surface area contributed by atoms with Crippen molar-refractivity contribution in [1.82, 2.24) is 0 Å². The Kier molecular flexibility index (Phi) is 4.60. The van der Waals surface area contributed by atoms with Gasteiger partial charge >= 0.3 is 0 Å². The SMILES string of the molecule is CCc1ccc(C(C#N)Cc2ccc(Cl)cc2)cc1. The van der Waals surface area contributed by atoms with E-state index in [1.54, 1.807) is 0 Å². The van der Waals surface area contributed by atoms with Crippen LogP contribution in [0.25, 0.3) is 0 Å². The summed E-state index contributed by atoms with van der Waals surface area (Å²) in [5.41, 5.74) is 3.51. The highest BCUT2D eigenvalue weighted by atomic mass is 35.5. The van der Waals surface area contributed by atoms with Crippen molar-refractivity contribution in [2.45, 2.75) is 25.7 Å². The van der Waals surface area contributed by atoms with Crippen LogP contribution in [0.15, 0.2) is 48.5 Å². The number of halogens is 1. The van der Waals surface area contributed by atoms with E-state index in [9.17, 15) is 5.26 Å². The number of rotatable bonds is 4. The number of nitrogens with zero attached hydrogens (tertiary/aromatic N) is 1. The van der Waals surface area contributed by atoms with Gasteiger partial charge < -0.3 is 0 Å². The van der Waals surface area contributed by atoms with Crippen LogP contribution in [0.3, 0.4) is 0 Å². The van der Waals surface area contributed by atoms with E-state index in [0.717, 1.165) is 29.0 Å². The minimum atomic E-state index is -0.105. The van der Waals surface area contributed by atoms with Crippen molar-refractivity contribution in [3.63, 3.8) is 0 Å². The first-order chi connectivity index (χ1) is 9.22. The molecule has 1 unspecified atom stereocenters. The second kappa shape index (κ2) is 6.41. The zero-order valence-electron chi connectivity index (χ0n) is 10.9. The third-order valence-electron chi connectivity index (χ3n) is 3.30. The van der Waals surface area contributed by atoms with Gasteiger partial charge in [0.15, 0.2) is 0 Å². The van der Waals surface area contributed by atoms with Crippen LogP contribution >= 0.6 is 11.6 Å². The lowest BCUT2D eigenvalue weighted by Crippen LogP contribution is -2.00. The Morgan fingerprint density at radius 2 is 1.58 bits per heavy atom. The fourth-order valence-corrected chi connectivity index (χ4v) is 2.21. The van der Waals surface area contributed by atoms with Crippen LogP contribution in [0.1, 0.15) is 29.5 Å². The maximum atomic E-state index is 9.35. The van der Waals surface area contributed by atoms with Gasteiger partial charge in [-0.2, -0.15) is 5.26 Å². The molecule has 1 atom stereocenters. The van der Waals surface area contributed by atoms with Gasteiger partial charge in [0, 0.05) is 5.02 Å². The second-order valence-electron chi connectivity index (χ2n) is 4.61. The van der Waals surface area contributed by atoms with Crippen molar-refractivity contribution in [1.29, 1.82) is 5.26 Å². The van der Waals surface area contributed by atoms with E-state index >= 15 is 0 Å². The third-order valence-corrected chi connectivity index (χ3v) is 3.55. The molecule has 0 fully saturated rings. The van der Waals surface area contributed by atoms with Crippen LogP contribution in [0.4, 0.5) is 0 Å². The van der Waals surface area contributed by atoms with Gasteiger partial charge in [0.25, 0.3) is 0 Å². The fourth-order valence-electron chi connectivity index (χ4n) is 2.08. The molecule has 0 saturated carbocycles. The summed E-state index contributed by atoms with van der Waals surface area (Å²) >= 11 is 5.87. The quantitative estimate of drug-likeness (QED) is 0.786. The van der Waals surface area contributed by atoms with Crippen LogP contribution < -0.4 is 0 Å². The van der Waals surface area contributed by atoms with Gasteiger partial charge in [-0.3, -0.25) is 0 Å². The summed E-state index contributed by atoms with van der Waals surface area (Å²) in [6, 6.07) is 18.4. The van der Waals surface area contributed by atoms with Gasteiger partial charge in [-0.1, -0.05) is 54.9 Å². The lowest BCUT2D eigenvalue weighted by molar-refractivity contribution is 0.848. The van der Waals surface area contributed by atoms with Gasteiger partial charge in [0.1, 0.15) is 0 Å². The molecule has 0 amide bonds. The first-order valence-corrected chi connectivity index (χ1v) is 6.83. The standard InChI is InChI=1S/C17H16ClN/c1-2-13-3-7-15(8-4-13)16(12-19)11-14-5-9-17(18)10-6-14/h3-10,16H,2,11H2,1H3. The monoisotopic (exact) mass is 269 g/mol. The summed E-state index contributed by atoms with van der Waals surface area (Å²) in [6.45, 7) is 2.13. The van der Waals surface area contributed by atoms with E-state index in [1.165, 1.54) is 5.56 Å². The predicted molar refractivity (Wildman–Crippen MR) is 79.3 cm³/mol. The Morgan fingerprint density at radius 3 is 2.11 bits per heavy atom. The molecule has 0 saturated heterocycles. The molecule has 0 bridgehead atoms. The van der Waals surface area contributed by atoms with Crippen molar-refractivity contribution >= 4 is 11.6 Å². The van der Waals surface area contributed by atoms with Crippen molar-refractivity contribution in [2.24, 2.45) is 0 Å². The van der Waals surface area contributed by atoms with Crippen LogP contribution in [0.2, 0.25) is 5.02 Å². The second-order valence-corrected chi connectivity index (χ2v) is 5.04. The molecule has 2 rings (SSSR count). The molecular weight excluding hydrogens is 254 g/mol. The number of hydrogen-bond donors (Lipinski definition) is 0. The summed E-state index contributed by atoms with van der Waals surface area (Å²) < 4.78 is 0. The molecule has 2 heteroatoms. The third kappa shape index (κ3) is 3.59. The highest BCUT2D eigenvalue weighted by molar-refractivity contribution is 6.30. The molecule has 0 aliphatic rings. The van der Waals surface area contributed by atoms with Gasteiger partial charge in [-0.15, -0.1) is 0 Å². The molecule has 0 spiro atoms. The highest BCUT2D eigenvalue weighted by Gasteiger charge is 2.11. The molecule has 0 aliphatic carbocycles. The van der Waals surface area contributed by atoms with E-state index < -0.39 is 0 Å². The smallest absolute Gasteiger partial charge is 0.0753 e. The number of hydrogen-bond acceptors (Lipinski definition) is 1. The lowest BCUT2D eigenvalue weighted by Gasteiger charge is -2.10. The van der Waals surface area contributed by atoms with E-state index in [2.05, 4.69) is 37.3 Å². The number of nitriles is 1. The summed E-state index contributed by atoms with van der Waals surface area (Å²) in [6.07, 6.45) is 1.74. The van der Waals surface area contributed by atoms with Gasteiger partial charge in [-0.25, -0.2) is 0 Å². The van der Waals surface area contributed by atoms with Crippen molar-refractivity contribution in [3.05, 3.63) is 70.2 Å². The molecule has 0 heterocycles. The molecule has 19 heavy (non-hydrogen) atoms. The van der Waals surface area contributed by atoms with Crippen LogP contribution in [-0.4, -0.2) is 0 Å². The Labute approximate surface area is 119 Å². The van der Waals surface area contributed by atoms with Crippen molar-refractivity contribution in [2.75, 3.05) is 0 Å². The number of benzene rings is 2. The minimum Gasteiger partial charge on any atom is -0.198 e. The fraction of sp³-hybridized carbons (Fsp3) is 0.235. The first-order valence-electron chi connectivity index (χ1n) is 6.46. The summed E-state index contributed by atoms with van der Waals surface area (Å²) in [5, 5.41) is 10.1. The molecule has 2 aromatic rings. The maximum absolute atomic E-state index is 9.35. The molecule has 96 valence electrons. The van der Waals surface area contributed by atoms with Crippen LogP contribution in [0, 0.1) is 11.3 Å². The lowest BCUT2D eigenvalue weighted by atomic mass is 9.92. The summed E-state index contributed by atoms with van der Waals surface area (Å²) in [4.78, 5) is 0. The predicted octanol–water partition coefficient (Wildman–Crippen LogP) is 4.75. The van der Waals surface area contributed by atoms with E-state index in [1.807, 2.05) is 24.3 Å². The van der Waals surface area contributed by atoms with Crippen molar-refractivity contribution in [3.8, 4) is 6.07 Å². The van der Waals surface area contributed by atoms with E-state index in [0.29, 0.717) is 0 Å². The zero-order valence-corrected chi connectivity index (χ0v) is 11.7. The maximum Gasteiger partial charge on any atom is 0.0753 e. The minimum absolute atomic E-state index is 0.105. The molecule has 2 aromatic carbocycles. The Morgan fingerprint density at radius 1 is 1.00 bits per heavy atom. The van der Waals surface area contributed by atoms with Crippen LogP contribution in [0.5, 0.6) is 0 Å². The van der Waals surface area contributed by atoms with Gasteiger partial charge in [-0.05, 0) is 41.7 Å². The topological polar surface area (TPSA) is 23.8 Å². The average molecular weight is 270 g/mol. The van der Waals surface area contributed by atoms with Gasteiger partial charge in [0.2, 0.25) is 0 Å². The largest absolute Gasteiger partial charge is 0.198 e. The van der Waals surface area contributed by atoms with Crippen LogP contribution in [-0.2, 0) is 12.8 Å². The number of aryl methyl sites for hydroxylation is 1. The van der Waals surface area contributed by atoms with E-state index in [-0.39, 0.29) is 5.92 Å². The molecule has 0 aliphatic heterocycles. The average Bonchev–Trinajstić information content (AvgIpc) is 2.47. The highest BCUT2D eigenvalue weighted by Crippen LogP contribution is 2.22. The zero-order chi connectivity index (χ0) is 13.7. The molecular formula is C17H16ClN. The van der Waals surface area contributed by atoms with Crippen molar-refractivity contribution < 1.29 is 0 Å². The van der Waals surface area contributed by atoms with Gasteiger partial charge in [0.05, 0.1) is 12.0 Å². The molecule has 0 radical (unpaired) electrons. The molecule has 0 aromatic heterocycles. The summed E-state index contributed by atoms with van der Waals surface area (Å²) in [5.74, 6) is -0.105. The Hall–Kier alpha value is -1.78. The van der Waals surface area contributed by atoms with E-state index in [4.69, 9.17) is 11.6 Å². The summed E-state index contributed by atoms with van der Waals surface area (Å²) in [7, 11) is 0. The normalized spacial score (nSPS) is 11.8. The molecule has 1 nitrogen and oxygen atoms in total. The first kappa shape index (κ1) is 13.6. The molecule has 0 N–H and O–H groups in total.